The van der Waals surface area contributed by atoms with E-state index in [1.54, 1.807) is 7.11 Å². The summed E-state index contributed by atoms with van der Waals surface area (Å²) in [5, 5.41) is 0. The van der Waals surface area contributed by atoms with Crippen LogP contribution in [0.15, 0.2) is 29.7 Å². The molecule has 84 valence electrons. The molecule has 2 aliphatic rings. The number of hydrogen-bond acceptors (Lipinski definition) is 3. The van der Waals surface area contributed by atoms with E-state index in [1.807, 2.05) is 18.2 Å². The van der Waals surface area contributed by atoms with E-state index in [2.05, 4.69) is 0 Å². The number of benzene rings is 1. The molecule has 1 aromatic rings. The Labute approximate surface area is 94.6 Å². The zero-order valence-corrected chi connectivity index (χ0v) is 9.29. The van der Waals surface area contributed by atoms with E-state index >= 15 is 0 Å². The first-order valence-corrected chi connectivity index (χ1v) is 5.56. The van der Waals surface area contributed by atoms with Crippen molar-refractivity contribution in [2.75, 3.05) is 13.7 Å². The fraction of sp³-hybridized carbons (Fsp3) is 0.385. The Morgan fingerprint density at radius 1 is 1.25 bits per heavy atom. The molecule has 0 N–H and O–H groups in total. The van der Waals surface area contributed by atoms with Crippen molar-refractivity contribution in [3.8, 4) is 11.5 Å². The van der Waals surface area contributed by atoms with Gasteiger partial charge in [-0.25, -0.2) is 0 Å². The van der Waals surface area contributed by atoms with E-state index in [0.29, 0.717) is 0 Å². The molecule has 2 heterocycles. The lowest BCUT2D eigenvalue weighted by Crippen LogP contribution is -2.17. The summed E-state index contributed by atoms with van der Waals surface area (Å²) in [5.41, 5.74) is 1.14. The quantitative estimate of drug-likeness (QED) is 0.725. The van der Waals surface area contributed by atoms with E-state index in [-0.39, 0.29) is 0 Å². The van der Waals surface area contributed by atoms with Gasteiger partial charge in [0, 0.05) is 18.4 Å². The van der Waals surface area contributed by atoms with E-state index < -0.39 is 0 Å². The third-order valence-electron chi connectivity index (χ3n) is 2.99. The Hall–Kier alpha value is -1.64. The van der Waals surface area contributed by atoms with E-state index in [1.165, 1.54) is 0 Å². The molecular weight excluding hydrogens is 204 g/mol. The van der Waals surface area contributed by atoms with Crippen LogP contribution in [-0.2, 0) is 11.2 Å². The van der Waals surface area contributed by atoms with Crippen LogP contribution >= 0.6 is 0 Å². The standard InChI is InChI=1S/C13H14O3/c1-14-10-4-5-11-9(7-10)8-13-12(16-11)3-2-6-15-13/h4-5,7H,2-3,6,8H2,1H3. The zero-order chi connectivity index (χ0) is 11.0. The van der Waals surface area contributed by atoms with Gasteiger partial charge in [-0.05, 0) is 24.6 Å². The normalized spacial score (nSPS) is 18.1. The summed E-state index contributed by atoms with van der Waals surface area (Å²) in [6, 6.07) is 5.90. The fourth-order valence-corrected chi connectivity index (χ4v) is 2.13. The number of methoxy groups -OCH3 is 1. The topological polar surface area (TPSA) is 27.7 Å². The molecule has 3 heteroatoms. The molecule has 0 aliphatic carbocycles. The van der Waals surface area contributed by atoms with Gasteiger partial charge >= 0.3 is 0 Å². The number of allylic oxidation sites excluding steroid dienone is 2. The highest BCUT2D eigenvalue weighted by Crippen LogP contribution is 2.36. The van der Waals surface area contributed by atoms with Crippen LogP contribution in [0.1, 0.15) is 18.4 Å². The van der Waals surface area contributed by atoms with Crippen molar-refractivity contribution in [1.29, 1.82) is 0 Å². The molecule has 0 atom stereocenters. The highest BCUT2D eigenvalue weighted by atomic mass is 16.5. The smallest absolute Gasteiger partial charge is 0.142 e. The van der Waals surface area contributed by atoms with Gasteiger partial charge < -0.3 is 14.2 Å². The monoisotopic (exact) mass is 218 g/mol. The van der Waals surface area contributed by atoms with Crippen molar-refractivity contribution in [1.82, 2.24) is 0 Å². The predicted octanol–water partition coefficient (Wildman–Crippen LogP) is 2.65. The molecule has 0 bridgehead atoms. The zero-order valence-electron chi connectivity index (χ0n) is 9.29. The second-order valence-electron chi connectivity index (χ2n) is 4.05. The van der Waals surface area contributed by atoms with Gasteiger partial charge in [-0.3, -0.25) is 0 Å². The Morgan fingerprint density at radius 3 is 3.06 bits per heavy atom. The maximum Gasteiger partial charge on any atom is 0.142 e. The molecule has 0 saturated carbocycles. The largest absolute Gasteiger partial charge is 0.497 e. The van der Waals surface area contributed by atoms with Crippen LogP contribution < -0.4 is 9.47 Å². The third kappa shape index (κ3) is 1.52. The average molecular weight is 218 g/mol. The summed E-state index contributed by atoms with van der Waals surface area (Å²) < 4.78 is 16.7. The SMILES string of the molecule is COc1ccc2c(c1)CC1=C(CCCO1)O2. The first-order chi connectivity index (χ1) is 7.86. The Bertz CT molecular complexity index is 448. The van der Waals surface area contributed by atoms with Gasteiger partial charge in [-0.2, -0.15) is 0 Å². The second-order valence-corrected chi connectivity index (χ2v) is 4.05. The molecule has 0 unspecified atom stereocenters. The highest BCUT2D eigenvalue weighted by Gasteiger charge is 2.23. The summed E-state index contributed by atoms with van der Waals surface area (Å²) in [6.07, 6.45) is 2.85. The minimum absolute atomic E-state index is 0.807. The van der Waals surface area contributed by atoms with Gasteiger partial charge in [0.05, 0.1) is 13.7 Å². The summed E-state index contributed by atoms with van der Waals surface area (Å²) in [5.74, 6) is 3.79. The molecule has 0 aromatic heterocycles. The molecule has 16 heavy (non-hydrogen) atoms. The first-order valence-electron chi connectivity index (χ1n) is 5.56. The predicted molar refractivity (Wildman–Crippen MR) is 59.5 cm³/mol. The van der Waals surface area contributed by atoms with Gasteiger partial charge in [0.2, 0.25) is 0 Å². The van der Waals surface area contributed by atoms with Gasteiger partial charge in [0.15, 0.2) is 0 Å². The third-order valence-corrected chi connectivity index (χ3v) is 2.99. The summed E-state index contributed by atoms with van der Waals surface area (Å²) in [7, 11) is 1.67. The van der Waals surface area contributed by atoms with Crippen molar-refractivity contribution in [3.05, 3.63) is 35.3 Å². The van der Waals surface area contributed by atoms with Gasteiger partial charge in [-0.15, -0.1) is 0 Å². The van der Waals surface area contributed by atoms with Crippen LogP contribution in [0.25, 0.3) is 0 Å². The number of ether oxygens (including phenoxy) is 3. The van der Waals surface area contributed by atoms with Crippen molar-refractivity contribution >= 4 is 0 Å². The van der Waals surface area contributed by atoms with Crippen LogP contribution in [0, 0.1) is 0 Å². The van der Waals surface area contributed by atoms with Crippen LogP contribution in [0.5, 0.6) is 11.5 Å². The summed E-state index contributed by atoms with van der Waals surface area (Å²) in [6.45, 7) is 0.807. The molecule has 2 aliphatic heterocycles. The van der Waals surface area contributed by atoms with Crippen LogP contribution in [0.2, 0.25) is 0 Å². The average Bonchev–Trinajstić information content (AvgIpc) is 2.35. The molecular formula is C13H14O3. The molecule has 0 fully saturated rings. The number of hydrogen-bond donors (Lipinski definition) is 0. The maximum atomic E-state index is 5.83. The van der Waals surface area contributed by atoms with Crippen LogP contribution in [0.4, 0.5) is 0 Å². The lowest BCUT2D eigenvalue weighted by atomic mass is 10.0. The van der Waals surface area contributed by atoms with Crippen molar-refractivity contribution in [3.63, 3.8) is 0 Å². The molecule has 0 saturated heterocycles. The fourth-order valence-electron chi connectivity index (χ4n) is 2.13. The number of fused-ring (bicyclic) bond motifs is 1. The van der Waals surface area contributed by atoms with Crippen molar-refractivity contribution in [2.24, 2.45) is 0 Å². The van der Waals surface area contributed by atoms with Gasteiger partial charge in [0.1, 0.15) is 23.0 Å². The van der Waals surface area contributed by atoms with E-state index in [9.17, 15) is 0 Å². The highest BCUT2D eigenvalue weighted by molar-refractivity contribution is 5.45. The van der Waals surface area contributed by atoms with Gasteiger partial charge in [0.25, 0.3) is 0 Å². The maximum absolute atomic E-state index is 5.83. The van der Waals surface area contributed by atoms with E-state index in [4.69, 9.17) is 14.2 Å². The lowest BCUT2D eigenvalue weighted by molar-refractivity contribution is 0.147. The summed E-state index contributed by atoms with van der Waals surface area (Å²) >= 11 is 0. The molecule has 3 nitrogen and oxygen atoms in total. The minimum Gasteiger partial charge on any atom is -0.497 e. The Morgan fingerprint density at radius 2 is 2.19 bits per heavy atom. The Balaban J connectivity index is 1.95. The van der Waals surface area contributed by atoms with Crippen LogP contribution in [-0.4, -0.2) is 13.7 Å². The minimum atomic E-state index is 0.807. The number of rotatable bonds is 1. The Kier molecular flexibility index (Phi) is 2.24. The lowest BCUT2D eigenvalue weighted by Gasteiger charge is -2.27. The molecule has 3 rings (SSSR count). The van der Waals surface area contributed by atoms with Crippen molar-refractivity contribution in [2.45, 2.75) is 19.3 Å². The van der Waals surface area contributed by atoms with Crippen molar-refractivity contribution < 1.29 is 14.2 Å². The molecule has 0 spiro atoms. The second kappa shape index (κ2) is 3.74. The van der Waals surface area contributed by atoms with Gasteiger partial charge in [-0.1, -0.05) is 0 Å². The molecule has 0 amide bonds. The molecule has 0 radical (unpaired) electrons. The van der Waals surface area contributed by atoms with Crippen LogP contribution in [0.3, 0.4) is 0 Å². The summed E-state index contributed by atoms with van der Waals surface area (Å²) in [4.78, 5) is 0. The first kappa shape index (κ1) is 9.58. The van der Waals surface area contributed by atoms with E-state index in [0.717, 1.165) is 54.5 Å². The molecule has 1 aromatic carbocycles.